The summed E-state index contributed by atoms with van der Waals surface area (Å²) in [5.41, 5.74) is -0.927. The maximum atomic E-state index is 10.5. The van der Waals surface area contributed by atoms with Crippen molar-refractivity contribution >= 4 is 5.97 Å². The van der Waals surface area contributed by atoms with Gasteiger partial charge in [0.05, 0.1) is 6.10 Å². The predicted octanol–water partition coefficient (Wildman–Crippen LogP) is -0.411. The number of carbonyl (C=O) groups is 1. The molecule has 5 nitrogen and oxygen atoms in total. The van der Waals surface area contributed by atoms with Crippen LogP contribution in [0, 0.1) is 0 Å². The SMILES string of the molecule is CC(NCC1(O)CCOC1C)C(=O)O. The molecule has 3 atom stereocenters. The molecule has 1 fully saturated rings. The zero-order chi connectivity index (χ0) is 10.8. The molecular formula is C9H17NO4. The van der Waals surface area contributed by atoms with E-state index in [-0.39, 0.29) is 12.6 Å². The van der Waals surface area contributed by atoms with Gasteiger partial charge in [0.15, 0.2) is 0 Å². The number of aliphatic carboxylic acids is 1. The van der Waals surface area contributed by atoms with Crippen LogP contribution in [0.2, 0.25) is 0 Å². The molecule has 0 aromatic carbocycles. The summed E-state index contributed by atoms with van der Waals surface area (Å²) < 4.78 is 5.22. The van der Waals surface area contributed by atoms with Crippen molar-refractivity contribution < 1.29 is 19.7 Å². The summed E-state index contributed by atoms with van der Waals surface area (Å²) >= 11 is 0. The van der Waals surface area contributed by atoms with Crippen LogP contribution in [0.5, 0.6) is 0 Å². The third-order valence-corrected chi connectivity index (χ3v) is 2.74. The molecule has 0 spiro atoms. The number of hydrogen-bond donors (Lipinski definition) is 3. The van der Waals surface area contributed by atoms with Gasteiger partial charge in [0.1, 0.15) is 11.6 Å². The molecule has 3 N–H and O–H groups in total. The van der Waals surface area contributed by atoms with E-state index in [4.69, 9.17) is 9.84 Å². The predicted molar refractivity (Wildman–Crippen MR) is 50.1 cm³/mol. The first-order valence-electron chi connectivity index (χ1n) is 4.76. The van der Waals surface area contributed by atoms with Crippen molar-refractivity contribution in [2.45, 2.75) is 38.0 Å². The van der Waals surface area contributed by atoms with Gasteiger partial charge in [-0.1, -0.05) is 0 Å². The van der Waals surface area contributed by atoms with Crippen molar-refractivity contribution in [1.29, 1.82) is 0 Å². The molecule has 0 amide bonds. The highest BCUT2D eigenvalue weighted by Crippen LogP contribution is 2.24. The first-order chi connectivity index (χ1) is 6.46. The minimum Gasteiger partial charge on any atom is -0.480 e. The fourth-order valence-corrected chi connectivity index (χ4v) is 1.42. The average Bonchev–Trinajstić information content (AvgIpc) is 2.44. The lowest BCUT2D eigenvalue weighted by Gasteiger charge is -2.27. The highest BCUT2D eigenvalue weighted by atomic mass is 16.5. The number of hydrogen-bond acceptors (Lipinski definition) is 4. The van der Waals surface area contributed by atoms with Gasteiger partial charge in [-0.25, -0.2) is 0 Å². The molecule has 5 heteroatoms. The second-order valence-corrected chi connectivity index (χ2v) is 3.81. The Hall–Kier alpha value is -0.650. The lowest BCUT2D eigenvalue weighted by Crippen LogP contribution is -2.49. The molecule has 1 rings (SSSR count). The van der Waals surface area contributed by atoms with Crippen molar-refractivity contribution in [3.8, 4) is 0 Å². The quantitative estimate of drug-likeness (QED) is 0.579. The third-order valence-electron chi connectivity index (χ3n) is 2.74. The van der Waals surface area contributed by atoms with Gasteiger partial charge in [-0.3, -0.25) is 4.79 Å². The Balaban J connectivity index is 2.40. The van der Waals surface area contributed by atoms with E-state index in [9.17, 15) is 9.90 Å². The van der Waals surface area contributed by atoms with Gasteiger partial charge in [0, 0.05) is 19.6 Å². The van der Waals surface area contributed by atoms with Crippen LogP contribution in [-0.4, -0.2) is 47.1 Å². The molecule has 82 valence electrons. The lowest BCUT2D eigenvalue weighted by atomic mass is 9.96. The van der Waals surface area contributed by atoms with Crippen molar-refractivity contribution in [2.75, 3.05) is 13.2 Å². The van der Waals surface area contributed by atoms with E-state index in [1.807, 2.05) is 0 Å². The van der Waals surface area contributed by atoms with Crippen LogP contribution in [0.15, 0.2) is 0 Å². The minimum atomic E-state index is -0.927. The number of aliphatic hydroxyl groups is 1. The summed E-state index contributed by atoms with van der Waals surface area (Å²) in [7, 11) is 0. The van der Waals surface area contributed by atoms with Crippen LogP contribution < -0.4 is 5.32 Å². The summed E-state index contributed by atoms with van der Waals surface area (Å²) in [6.45, 7) is 4.12. The molecule has 0 aromatic rings. The normalized spacial score (nSPS) is 34.4. The van der Waals surface area contributed by atoms with Crippen molar-refractivity contribution in [3.05, 3.63) is 0 Å². The van der Waals surface area contributed by atoms with Crippen LogP contribution in [0.4, 0.5) is 0 Å². The number of rotatable bonds is 4. The minimum absolute atomic E-state index is 0.240. The topological polar surface area (TPSA) is 78.8 Å². The molecule has 0 saturated carbocycles. The molecule has 1 saturated heterocycles. The molecule has 0 aromatic heterocycles. The maximum absolute atomic E-state index is 10.5. The van der Waals surface area contributed by atoms with E-state index in [1.165, 1.54) is 0 Å². The number of carboxylic acids is 1. The Kier molecular flexibility index (Phi) is 3.47. The Morgan fingerprint density at radius 2 is 2.43 bits per heavy atom. The summed E-state index contributed by atoms with van der Waals surface area (Å²) in [4.78, 5) is 10.5. The summed E-state index contributed by atoms with van der Waals surface area (Å²) in [6.07, 6.45) is 0.309. The molecule has 1 heterocycles. The monoisotopic (exact) mass is 203 g/mol. The van der Waals surface area contributed by atoms with E-state index in [1.54, 1.807) is 13.8 Å². The van der Waals surface area contributed by atoms with Gasteiger partial charge < -0.3 is 20.3 Å². The largest absolute Gasteiger partial charge is 0.480 e. The van der Waals surface area contributed by atoms with Crippen LogP contribution in [0.25, 0.3) is 0 Å². The van der Waals surface area contributed by atoms with Gasteiger partial charge in [-0.2, -0.15) is 0 Å². The lowest BCUT2D eigenvalue weighted by molar-refractivity contribution is -0.139. The van der Waals surface area contributed by atoms with E-state index in [2.05, 4.69) is 5.32 Å². The van der Waals surface area contributed by atoms with Crippen LogP contribution in [-0.2, 0) is 9.53 Å². The van der Waals surface area contributed by atoms with Gasteiger partial charge in [-0.05, 0) is 13.8 Å². The fraction of sp³-hybridized carbons (Fsp3) is 0.889. The molecule has 3 unspecified atom stereocenters. The van der Waals surface area contributed by atoms with Crippen LogP contribution in [0.1, 0.15) is 20.3 Å². The zero-order valence-corrected chi connectivity index (χ0v) is 8.49. The van der Waals surface area contributed by atoms with Crippen molar-refractivity contribution in [1.82, 2.24) is 5.32 Å². The van der Waals surface area contributed by atoms with Gasteiger partial charge in [0.2, 0.25) is 0 Å². The van der Waals surface area contributed by atoms with Gasteiger partial charge in [0.25, 0.3) is 0 Å². The van der Waals surface area contributed by atoms with E-state index in [0.717, 1.165) is 0 Å². The standard InChI is InChI=1S/C9H17NO4/c1-6(8(11)12)10-5-9(13)3-4-14-7(9)2/h6-7,10,13H,3-5H2,1-2H3,(H,11,12). The van der Waals surface area contributed by atoms with Gasteiger partial charge >= 0.3 is 5.97 Å². The molecule has 0 bridgehead atoms. The second kappa shape index (κ2) is 4.25. The Labute approximate surface area is 83.1 Å². The maximum Gasteiger partial charge on any atom is 0.320 e. The fourth-order valence-electron chi connectivity index (χ4n) is 1.42. The van der Waals surface area contributed by atoms with Crippen molar-refractivity contribution in [2.24, 2.45) is 0 Å². The number of ether oxygens (including phenoxy) is 1. The molecule has 1 aliphatic rings. The van der Waals surface area contributed by atoms with Crippen molar-refractivity contribution in [3.63, 3.8) is 0 Å². The summed E-state index contributed by atoms with van der Waals surface area (Å²) in [6, 6.07) is -0.646. The number of carboxylic acid groups (broad SMARTS) is 1. The van der Waals surface area contributed by atoms with E-state index < -0.39 is 17.6 Å². The van der Waals surface area contributed by atoms with Crippen LogP contribution >= 0.6 is 0 Å². The highest BCUT2D eigenvalue weighted by Gasteiger charge is 2.39. The Bertz CT molecular complexity index is 221. The van der Waals surface area contributed by atoms with E-state index in [0.29, 0.717) is 13.0 Å². The highest BCUT2D eigenvalue weighted by molar-refractivity contribution is 5.72. The number of nitrogens with one attached hydrogen (secondary N) is 1. The van der Waals surface area contributed by atoms with E-state index >= 15 is 0 Å². The van der Waals surface area contributed by atoms with Crippen LogP contribution in [0.3, 0.4) is 0 Å². The Morgan fingerprint density at radius 3 is 2.86 bits per heavy atom. The first-order valence-corrected chi connectivity index (χ1v) is 4.76. The Morgan fingerprint density at radius 1 is 1.79 bits per heavy atom. The smallest absolute Gasteiger partial charge is 0.320 e. The molecular weight excluding hydrogens is 186 g/mol. The average molecular weight is 203 g/mol. The molecule has 0 radical (unpaired) electrons. The second-order valence-electron chi connectivity index (χ2n) is 3.81. The molecule has 0 aliphatic carbocycles. The zero-order valence-electron chi connectivity index (χ0n) is 8.49. The molecule has 14 heavy (non-hydrogen) atoms. The third kappa shape index (κ3) is 2.43. The van der Waals surface area contributed by atoms with Gasteiger partial charge in [-0.15, -0.1) is 0 Å². The summed E-state index contributed by atoms with van der Waals surface area (Å²) in [5.74, 6) is -0.917. The molecule has 1 aliphatic heterocycles. The first kappa shape index (κ1) is 11.4. The summed E-state index contributed by atoms with van der Waals surface area (Å²) in [5, 5.41) is 21.4.